The van der Waals surface area contributed by atoms with Crippen molar-refractivity contribution in [3.05, 3.63) is 78.1 Å². The summed E-state index contributed by atoms with van der Waals surface area (Å²) in [5, 5.41) is 0. The fourth-order valence-electron chi connectivity index (χ4n) is 2.63. The first-order valence-electron chi connectivity index (χ1n) is 9.32. The van der Waals surface area contributed by atoms with E-state index in [9.17, 15) is 14.0 Å². The fourth-order valence-corrected chi connectivity index (χ4v) is 2.63. The van der Waals surface area contributed by atoms with Gasteiger partial charge in [-0.25, -0.2) is 14.0 Å². The lowest BCUT2D eigenvalue weighted by Crippen LogP contribution is -2.20. The van der Waals surface area contributed by atoms with E-state index < -0.39 is 23.7 Å². The lowest BCUT2D eigenvalue weighted by Gasteiger charge is -2.18. The van der Waals surface area contributed by atoms with Gasteiger partial charge in [0, 0.05) is 22.8 Å². The van der Waals surface area contributed by atoms with Crippen LogP contribution in [0, 0.1) is 5.82 Å². The number of carbonyl (C=O) groups is 2. The highest BCUT2D eigenvalue weighted by molar-refractivity contribution is 5.87. The molecule has 2 rings (SSSR count). The molecule has 2 aromatic rings. The van der Waals surface area contributed by atoms with Gasteiger partial charge in [0.15, 0.2) is 0 Å². The predicted octanol–water partition coefficient (Wildman–Crippen LogP) is 4.82. The molecular weight excluding hydrogens is 387 g/mol. The largest absolute Gasteiger partial charge is 0.497 e. The summed E-state index contributed by atoms with van der Waals surface area (Å²) in [6.07, 6.45) is 0. The molecule has 6 heteroatoms. The normalized spacial score (nSPS) is 10.4. The van der Waals surface area contributed by atoms with Crippen molar-refractivity contribution in [3.8, 4) is 16.9 Å². The molecule has 0 spiro atoms. The summed E-state index contributed by atoms with van der Waals surface area (Å²) in [4.78, 5) is 23.5. The number of ether oxygens (including phenoxy) is 3. The van der Waals surface area contributed by atoms with E-state index in [0.29, 0.717) is 16.9 Å². The summed E-state index contributed by atoms with van der Waals surface area (Å²) in [7, 11) is 1.48. The van der Waals surface area contributed by atoms with Gasteiger partial charge in [-0.15, -0.1) is 0 Å². The number of methoxy groups -OCH3 is 1. The predicted molar refractivity (Wildman–Crippen MR) is 113 cm³/mol. The maximum Gasteiger partial charge on any atom is 0.333 e. The molecule has 0 bridgehead atoms. The van der Waals surface area contributed by atoms with Gasteiger partial charge < -0.3 is 14.2 Å². The molecule has 0 aliphatic carbocycles. The molecule has 2 aromatic carbocycles. The zero-order valence-electron chi connectivity index (χ0n) is 17.4. The summed E-state index contributed by atoms with van der Waals surface area (Å²) in [6.45, 7) is 10.2. The third kappa shape index (κ3) is 6.04. The minimum Gasteiger partial charge on any atom is -0.497 e. The third-order valence-electron chi connectivity index (χ3n) is 4.40. The molecule has 0 unspecified atom stereocenters. The van der Waals surface area contributed by atoms with E-state index in [0.717, 1.165) is 5.56 Å². The Hall–Kier alpha value is -3.41. The van der Waals surface area contributed by atoms with Crippen LogP contribution in [0.25, 0.3) is 11.1 Å². The molecule has 0 aliphatic heterocycles. The minimum absolute atomic E-state index is 0.00536. The maximum atomic E-state index is 14.3. The van der Waals surface area contributed by atoms with E-state index in [2.05, 4.69) is 13.2 Å². The van der Waals surface area contributed by atoms with Crippen LogP contribution in [0.1, 0.15) is 25.3 Å². The summed E-state index contributed by atoms with van der Waals surface area (Å²) in [5.74, 6) is -1.41. The van der Waals surface area contributed by atoms with Gasteiger partial charge in [0.05, 0.1) is 13.0 Å². The Balaban J connectivity index is 2.22. The topological polar surface area (TPSA) is 61.8 Å². The summed E-state index contributed by atoms with van der Waals surface area (Å²) in [6, 6.07) is 11.7. The Kier molecular flexibility index (Phi) is 7.92. The van der Waals surface area contributed by atoms with Crippen LogP contribution >= 0.6 is 0 Å². The first-order valence-corrected chi connectivity index (χ1v) is 9.32. The summed E-state index contributed by atoms with van der Waals surface area (Å²) < 4.78 is 29.9. The standard InChI is InChI=1S/C24H25FO5/c1-15(2)23(26)29-13-19(14-30-24(27)16(3)4)17-6-8-18(9-7-17)21-11-10-20(28-5)12-22(21)25/h6-12,19H,1,3,13-14H2,2,4-5H3. The van der Waals surface area contributed by atoms with Crippen LogP contribution < -0.4 is 4.74 Å². The molecular formula is C24H25FO5. The Bertz CT molecular complexity index is 917. The van der Waals surface area contributed by atoms with Crippen molar-refractivity contribution < 1.29 is 28.2 Å². The second-order valence-electron chi connectivity index (χ2n) is 6.92. The second-order valence-corrected chi connectivity index (χ2v) is 6.92. The molecule has 0 heterocycles. The van der Waals surface area contributed by atoms with Crippen molar-refractivity contribution >= 4 is 11.9 Å². The Morgan fingerprint density at radius 3 is 1.90 bits per heavy atom. The number of esters is 2. The van der Waals surface area contributed by atoms with Crippen LogP contribution in [0.15, 0.2) is 66.8 Å². The van der Waals surface area contributed by atoms with Crippen LogP contribution in [-0.4, -0.2) is 32.3 Å². The quantitative estimate of drug-likeness (QED) is 0.436. The number of halogens is 1. The first-order chi connectivity index (χ1) is 14.2. The van der Waals surface area contributed by atoms with Crippen LogP contribution in [0.5, 0.6) is 5.75 Å². The van der Waals surface area contributed by atoms with Crippen LogP contribution in [0.3, 0.4) is 0 Å². The molecule has 0 fully saturated rings. The van der Waals surface area contributed by atoms with Gasteiger partial charge in [-0.05, 0) is 37.1 Å². The van der Waals surface area contributed by atoms with E-state index in [1.165, 1.54) is 13.2 Å². The van der Waals surface area contributed by atoms with Crippen molar-refractivity contribution in [2.45, 2.75) is 19.8 Å². The molecule has 0 amide bonds. The van der Waals surface area contributed by atoms with Gasteiger partial charge in [0.25, 0.3) is 0 Å². The van der Waals surface area contributed by atoms with Crippen LogP contribution in [-0.2, 0) is 19.1 Å². The van der Waals surface area contributed by atoms with Gasteiger partial charge in [-0.1, -0.05) is 37.4 Å². The molecule has 0 radical (unpaired) electrons. The average molecular weight is 412 g/mol. The monoisotopic (exact) mass is 412 g/mol. The van der Waals surface area contributed by atoms with Crippen molar-refractivity contribution in [3.63, 3.8) is 0 Å². The molecule has 30 heavy (non-hydrogen) atoms. The van der Waals surface area contributed by atoms with E-state index in [1.807, 2.05) is 0 Å². The average Bonchev–Trinajstić information content (AvgIpc) is 2.73. The second kappa shape index (κ2) is 10.4. The zero-order chi connectivity index (χ0) is 22.3. The van der Waals surface area contributed by atoms with Gasteiger partial charge >= 0.3 is 11.9 Å². The van der Waals surface area contributed by atoms with Crippen molar-refractivity contribution in [2.24, 2.45) is 0 Å². The van der Waals surface area contributed by atoms with Crippen molar-refractivity contribution in [1.82, 2.24) is 0 Å². The molecule has 0 atom stereocenters. The van der Waals surface area contributed by atoms with Crippen molar-refractivity contribution in [2.75, 3.05) is 20.3 Å². The smallest absolute Gasteiger partial charge is 0.333 e. The molecule has 0 aliphatic rings. The van der Waals surface area contributed by atoms with E-state index in [-0.39, 0.29) is 24.4 Å². The number of benzene rings is 2. The molecule has 158 valence electrons. The van der Waals surface area contributed by atoms with Crippen LogP contribution in [0.4, 0.5) is 4.39 Å². The number of hydrogen-bond acceptors (Lipinski definition) is 5. The Labute approximate surface area is 175 Å². The van der Waals surface area contributed by atoms with E-state index in [1.54, 1.807) is 50.2 Å². The van der Waals surface area contributed by atoms with Gasteiger partial charge in [-0.2, -0.15) is 0 Å². The molecule has 0 aromatic heterocycles. The third-order valence-corrected chi connectivity index (χ3v) is 4.40. The molecule has 5 nitrogen and oxygen atoms in total. The van der Waals surface area contributed by atoms with Gasteiger partial charge in [-0.3, -0.25) is 0 Å². The SMILES string of the molecule is C=C(C)C(=O)OCC(COC(=O)C(=C)C)c1ccc(-c2ccc(OC)cc2F)cc1. The van der Waals surface area contributed by atoms with Crippen molar-refractivity contribution in [1.29, 1.82) is 0 Å². The number of rotatable bonds is 9. The summed E-state index contributed by atoms with van der Waals surface area (Å²) >= 11 is 0. The summed E-state index contributed by atoms with van der Waals surface area (Å²) in [5.41, 5.74) is 2.43. The Morgan fingerprint density at radius 1 is 0.933 bits per heavy atom. The molecule has 0 N–H and O–H groups in total. The Morgan fingerprint density at radius 2 is 1.47 bits per heavy atom. The highest BCUT2D eigenvalue weighted by atomic mass is 19.1. The lowest BCUT2D eigenvalue weighted by molar-refractivity contribution is -0.142. The van der Waals surface area contributed by atoms with Gasteiger partial charge in [0.2, 0.25) is 0 Å². The highest BCUT2D eigenvalue weighted by Gasteiger charge is 2.18. The highest BCUT2D eigenvalue weighted by Crippen LogP contribution is 2.28. The van der Waals surface area contributed by atoms with Gasteiger partial charge in [0.1, 0.15) is 24.8 Å². The maximum absolute atomic E-state index is 14.3. The minimum atomic E-state index is -0.525. The number of hydrogen-bond donors (Lipinski definition) is 0. The molecule has 0 saturated carbocycles. The molecule has 0 saturated heterocycles. The first kappa shape index (κ1) is 22.9. The lowest BCUT2D eigenvalue weighted by atomic mass is 9.97. The number of carbonyl (C=O) groups excluding carboxylic acids is 2. The van der Waals surface area contributed by atoms with E-state index >= 15 is 0 Å². The zero-order valence-corrected chi connectivity index (χ0v) is 17.4. The van der Waals surface area contributed by atoms with Crippen LogP contribution in [0.2, 0.25) is 0 Å². The van der Waals surface area contributed by atoms with E-state index in [4.69, 9.17) is 14.2 Å². The fraction of sp³-hybridized carbons (Fsp3) is 0.250.